The lowest BCUT2D eigenvalue weighted by Crippen LogP contribution is -2.26. The SMILES string of the molecule is COCC(CCO)Nc1nncs1. The molecule has 74 valence electrons. The monoisotopic (exact) mass is 203 g/mol. The zero-order valence-electron chi connectivity index (χ0n) is 7.43. The number of methoxy groups -OCH3 is 1. The molecule has 1 aromatic rings. The van der Waals surface area contributed by atoms with Crippen molar-refractivity contribution in [3.8, 4) is 0 Å². The molecule has 0 radical (unpaired) electrons. The van der Waals surface area contributed by atoms with Crippen molar-refractivity contribution in [1.82, 2.24) is 10.2 Å². The average Bonchev–Trinajstić information content (AvgIpc) is 2.58. The van der Waals surface area contributed by atoms with Crippen molar-refractivity contribution in [2.24, 2.45) is 0 Å². The summed E-state index contributed by atoms with van der Waals surface area (Å²) in [5.41, 5.74) is 1.66. The molecule has 0 aliphatic rings. The molecule has 2 N–H and O–H groups in total. The molecule has 1 unspecified atom stereocenters. The summed E-state index contributed by atoms with van der Waals surface area (Å²) in [4.78, 5) is 0. The fourth-order valence-electron chi connectivity index (χ4n) is 0.965. The van der Waals surface area contributed by atoms with Crippen molar-refractivity contribution in [1.29, 1.82) is 0 Å². The molecule has 0 saturated carbocycles. The van der Waals surface area contributed by atoms with Gasteiger partial charge >= 0.3 is 0 Å². The first kappa shape index (κ1) is 10.4. The lowest BCUT2D eigenvalue weighted by molar-refractivity contribution is 0.170. The van der Waals surface area contributed by atoms with Crippen molar-refractivity contribution in [2.75, 3.05) is 25.6 Å². The van der Waals surface area contributed by atoms with Gasteiger partial charge in [-0.3, -0.25) is 0 Å². The Morgan fingerprint density at radius 2 is 2.62 bits per heavy atom. The van der Waals surface area contributed by atoms with E-state index in [9.17, 15) is 0 Å². The molecule has 0 spiro atoms. The number of ether oxygens (including phenoxy) is 1. The molecule has 0 aliphatic carbocycles. The molecule has 0 fully saturated rings. The van der Waals surface area contributed by atoms with E-state index in [1.807, 2.05) is 0 Å². The summed E-state index contributed by atoms with van der Waals surface area (Å²) in [6, 6.07) is 0.1000. The van der Waals surface area contributed by atoms with Gasteiger partial charge in [0.05, 0.1) is 12.6 Å². The second kappa shape index (κ2) is 5.85. The molecule has 1 rings (SSSR count). The van der Waals surface area contributed by atoms with E-state index < -0.39 is 0 Å². The summed E-state index contributed by atoms with van der Waals surface area (Å²) in [6.07, 6.45) is 0.646. The van der Waals surface area contributed by atoms with Gasteiger partial charge in [-0.05, 0) is 6.42 Å². The number of hydrogen-bond acceptors (Lipinski definition) is 6. The highest BCUT2D eigenvalue weighted by atomic mass is 32.1. The van der Waals surface area contributed by atoms with Crippen LogP contribution in [0.4, 0.5) is 5.13 Å². The molecule has 6 heteroatoms. The third kappa shape index (κ3) is 3.67. The van der Waals surface area contributed by atoms with Crippen molar-refractivity contribution in [2.45, 2.75) is 12.5 Å². The third-order valence-electron chi connectivity index (χ3n) is 1.53. The van der Waals surface area contributed by atoms with Gasteiger partial charge in [0.2, 0.25) is 5.13 Å². The van der Waals surface area contributed by atoms with Crippen LogP contribution in [-0.4, -0.2) is 41.7 Å². The number of nitrogens with one attached hydrogen (secondary N) is 1. The van der Waals surface area contributed by atoms with E-state index >= 15 is 0 Å². The van der Waals surface area contributed by atoms with E-state index in [0.29, 0.717) is 13.0 Å². The summed E-state index contributed by atoms with van der Waals surface area (Å²) >= 11 is 1.43. The second-order valence-corrected chi connectivity index (χ2v) is 3.39. The Balaban J connectivity index is 2.37. The van der Waals surface area contributed by atoms with Crippen molar-refractivity contribution >= 4 is 16.5 Å². The van der Waals surface area contributed by atoms with E-state index in [2.05, 4.69) is 15.5 Å². The summed E-state index contributed by atoms with van der Waals surface area (Å²) in [5, 5.41) is 20.2. The van der Waals surface area contributed by atoms with Gasteiger partial charge in [0.15, 0.2) is 0 Å². The number of aromatic nitrogens is 2. The largest absolute Gasteiger partial charge is 0.396 e. The molecule has 13 heavy (non-hydrogen) atoms. The molecule has 1 aromatic heterocycles. The van der Waals surface area contributed by atoms with Crippen molar-refractivity contribution in [3.63, 3.8) is 0 Å². The van der Waals surface area contributed by atoms with Crippen LogP contribution in [0.25, 0.3) is 0 Å². The van der Waals surface area contributed by atoms with Crippen LogP contribution < -0.4 is 5.32 Å². The van der Waals surface area contributed by atoms with Crippen LogP contribution in [0.3, 0.4) is 0 Å². The Bertz CT molecular complexity index is 212. The van der Waals surface area contributed by atoms with E-state index in [0.717, 1.165) is 5.13 Å². The maximum absolute atomic E-state index is 8.76. The van der Waals surface area contributed by atoms with Crippen LogP contribution in [0.1, 0.15) is 6.42 Å². The Kier molecular flexibility index (Phi) is 4.66. The van der Waals surface area contributed by atoms with Gasteiger partial charge in [0.25, 0.3) is 0 Å². The second-order valence-electron chi connectivity index (χ2n) is 2.55. The molecule has 0 saturated heterocycles. The normalized spacial score (nSPS) is 12.8. The van der Waals surface area contributed by atoms with E-state index in [4.69, 9.17) is 9.84 Å². The van der Waals surface area contributed by atoms with Crippen LogP contribution >= 0.6 is 11.3 Å². The third-order valence-corrected chi connectivity index (χ3v) is 2.16. The Morgan fingerprint density at radius 1 is 1.77 bits per heavy atom. The minimum absolute atomic E-state index is 0.1000. The summed E-state index contributed by atoms with van der Waals surface area (Å²) in [5.74, 6) is 0. The first-order valence-electron chi connectivity index (χ1n) is 3.99. The Morgan fingerprint density at radius 3 is 3.15 bits per heavy atom. The minimum Gasteiger partial charge on any atom is -0.396 e. The molecular weight excluding hydrogens is 190 g/mol. The summed E-state index contributed by atoms with van der Waals surface area (Å²) in [6.45, 7) is 0.694. The number of aliphatic hydroxyl groups is 1. The predicted octanol–water partition coefficient (Wildman–Crippen LogP) is 0.347. The van der Waals surface area contributed by atoms with Crippen LogP contribution in [0.5, 0.6) is 0 Å². The fraction of sp³-hybridized carbons (Fsp3) is 0.714. The van der Waals surface area contributed by atoms with Gasteiger partial charge in [0.1, 0.15) is 5.51 Å². The first-order valence-corrected chi connectivity index (χ1v) is 4.87. The molecule has 1 heterocycles. The van der Waals surface area contributed by atoms with Gasteiger partial charge in [-0.2, -0.15) is 0 Å². The van der Waals surface area contributed by atoms with Gasteiger partial charge in [-0.25, -0.2) is 0 Å². The summed E-state index contributed by atoms with van der Waals surface area (Å²) < 4.78 is 4.99. The zero-order valence-corrected chi connectivity index (χ0v) is 8.25. The predicted molar refractivity (Wildman–Crippen MR) is 50.9 cm³/mol. The van der Waals surface area contributed by atoms with E-state index in [-0.39, 0.29) is 12.6 Å². The van der Waals surface area contributed by atoms with Gasteiger partial charge in [-0.1, -0.05) is 11.3 Å². The van der Waals surface area contributed by atoms with Crippen LogP contribution in [0, 0.1) is 0 Å². The Labute approximate surface area is 80.8 Å². The zero-order chi connectivity index (χ0) is 9.52. The van der Waals surface area contributed by atoms with Crippen LogP contribution in [0.2, 0.25) is 0 Å². The number of rotatable bonds is 6. The van der Waals surface area contributed by atoms with E-state index in [1.54, 1.807) is 12.6 Å². The van der Waals surface area contributed by atoms with Gasteiger partial charge < -0.3 is 15.2 Å². The number of anilines is 1. The lowest BCUT2D eigenvalue weighted by atomic mass is 10.2. The molecular formula is C7H13N3O2S. The number of hydrogen-bond donors (Lipinski definition) is 2. The topological polar surface area (TPSA) is 67.3 Å². The average molecular weight is 203 g/mol. The highest BCUT2D eigenvalue weighted by Gasteiger charge is 2.08. The van der Waals surface area contributed by atoms with Crippen molar-refractivity contribution in [3.05, 3.63) is 5.51 Å². The maximum Gasteiger partial charge on any atom is 0.205 e. The standard InChI is InChI=1S/C7H13N3O2S/c1-12-4-6(2-3-11)9-7-10-8-5-13-7/h5-6,11H,2-4H2,1H3,(H,9,10). The van der Waals surface area contributed by atoms with Crippen LogP contribution in [0.15, 0.2) is 5.51 Å². The molecule has 0 bridgehead atoms. The quantitative estimate of drug-likeness (QED) is 0.698. The molecule has 0 aliphatic heterocycles. The maximum atomic E-state index is 8.76. The van der Waals surface area contributed by atoms with Gasteiger partial charge in [0, 0.05) is 13.7 Å². The smallest absolute Gasteiger partial charge is 0.205 e. The Hall–Kier alpha value is -0.720. The van der Waals surface area contributed by atoms with Crippen LogP contribution in [-0.2, 0) is 4.74 Å². The number of nitrogens with zero attached hydrogens (tertiary/aromatic N) is 2. The molecule has 1 atom stereocenters. The number of aliphatic hydroxyl groups excluding tert-OH is 1. The fourth-order valence-corrected chi connectivity index (χ4v) is 1.49. The summed E-state index contributed by atoms with van der Waals surface area (Å²) in [7, 11) is 1.63. The first-order chi connectivity index (χ1) is 6.36. The molecule has 0 aromatic carbocycles. The lowest BCUT2D eigenvalue weighted by Gasteiger charge is -2.15. The molecule has 0 amide bonds. The minimum atomic E-state index is 0.1000. The highest BCUT2D eigenvalue weighted by molar-refractivity contribution is 7.13. The molecule has 5 nitrogen and oxygen atoms in total. The van der Waals surface area contributed by atoms with Gasteiger partial charge in [-0.15, -0.1) is 10.2 Å². The highest BCUT2D eigenvalue weighted by Crippen LogP contribution is 2.10. The van der Waals surface area contributed by atoms with Crippen molar-refractivity contribution < 1.29 is 9.84 Å². The van der Waals surface area contributed by atoms with E-state index in [1.165, 1.54) is 11.3 Å².